The van der Waals surface area contributed by atoms with Crippen molar-refractivity contribution in [3.63, 3.8) is 0 Å². The summed E-state index contributed by atoms with van der Waals surface area (Å²) < 4.78 is 4.79. The van der Waals surface area contributed by atoms with Crippen LogP contribution < -0.4 is 0 Å². The highest BCUT2D eigenvalue weighted by Crippen LogP contribution is 2.23. The zero-order chi connectivity index (χ0) is 23.9. The summed E-state index contributed by atoms with van der Waals surface area (Å²) in [6.45, 7) is 0. The molecule has 0 aliphatic heterocycles. The van der Waals surface area contributed by atoms with E-state index < -0.39 is 6.10 Å². The standard InChI is InChI=1S/C29H26ClNO3/c1-34-29(33)18-23-7-3-2-6-21(23)12-16-28(32)24-8-4-5-20(17-24)9-14-26-15-11-22-10-13-25(30)19-27(22)31-26/h2-11,13-15,17,19,28,32H,12,16,18H2,1H3/b14-9+/t28-/m0/s1. The second-order valence-electron chi connectivity index (χ2n) is 8.15. The fourth-order valence-electron chi connectivity index (χ4n) is 3.91. The summed E-state index contributed by atoms with van der Waals surface area (Å²) in [6.07, 6.45) is 4.78. The van der Waals surface area contributed by atoms with Gasteiger partial charge in [-0.3, -0.25) is 4.79 Å². The first-order valence-corrected chi connectivity index (χ1v) is 11.6. The fraction of sp³-hybridized carbons (Fsp3) is 0.172. The van der Waals surface area contributed by atoms with Crippen LogP contribution in [-0.2, 0) is 22.4 Å². The number of halogens is 1. The predicted molar refractivity (Wildman–Crippen MR) is 138 cm³/mol. The zero-order valence-electron chi connectivity index (χ0n) is 18.9. The third-order valence-corrected chi connectivity index (χ3v) is 6.02. The number of methoxy groups -OCH3 is 1. The van der Waals surface area contributed by atoms with Gasteiger partial charge < -0.3 is 9.84 Å². The van der Waals surface area contributed by atoms with Gasteiger partial charge in [0.25, 0.3) is 0 Å². The molecule has 0 saturated heterocycles. The second kappa shape index (κ2) is 11.1. The number of carbonyl (C=O) groups is 1. The molecule has 0 aliphatic carbocycles. The first-order valence-electron chi connectivity index (χ1n) is 11.2. The number of aryl methyl sites for hydroxylation is 1. The molecule has 4 aromatic rings. The number of carbonyl (C=O) groups excluding carboxylic acids is 1. The predicted octanol–water partition coefficient (Wildman–Crippen LogP) is 6.44. The van der Waals surface area contributed by atoms with Gasteiger partial charge in [0.1, 0.15) is 0 Å². The van der Waals surface area contributed by atoms with Gasteiger partial charge >= 0.3 is 5.97 Å². The van der Waals surface area contributed by atoms with Gasteiger partial charge in [-0.25, -0.2) is 4.98 Å². The molecule has 172 valence electrons. The number of aliphatic hydroxyl groups is 1. The van der Waals surface area contributed by atoms with Crippen molar-refractivity contribution in [3.8, 4) is 0 Å². The Morgan fingerprint density at radius 3 is 2.62 bits per heavy atom. The smallest absolute Gasteiger partial charge is 0.309 e. The van der Waals surface area contributed by atoms with E-state index in [2.05, 4.69) is 4.98 Å². The van der Waals surface area contributed by atoms with Crippen LogP contribution in [-0.4, -0.2) is 23.2 Å². The lowest BCUT2D eigenvalue weighted by atomic mass is 9.96. The highest BCUT2D eigenvalue weighted by molar-refractivity contribution is 6.31. The average Bonchev–Trinajstić information content (AvgIpc) is 2.86. The Balaban J connectivity index is 1.44. The van der Waals surface area contributed by atoms with Gasteiger partial charge in [0.05, 0.1) is 30.8 Å². The van der Waals surface area contributed by atoms with Crippen molar-refractivity contribution < 1.29 is 14.6 Å². The molecule has 0 amide bonds. The number of benzene rings is 3. The van der Waals surface area contributed by atoms with Crippen LogP contribution in [0.1, 0.15) is 40.5 Å². The van der Waals surface area contributed by atoms with Crippen molar-refractivity contribution >= 4 is 40.6 Å². The number of aromatic nitrogens is 1. The molecule has 0 fully saturated rings. The SMILES string of the molecule is COC(=O)Cc1ccccc1CC[C@H](O)c1cccc(/C=C/c2ccc3ccc(Cl)cc3n2)c1. The van der Waals surface area contributed by atoms with Crippen molar-refractivity contribution in [2.45, 2.75) is 25.4 Å². The quantitative estimate of drug-likeness (QED) is 0.300. The average molecular weight is 472 g/mol. The molecule has 0 spiro atoms. The summed E-state index contributed by atoms with van der Waals surface area (Å²) in [5.74, 6) is -0.267. The summed E-state index contributed by atoms with van der Waals surface area (Å²) in [7, 11) is 1.39. The zero-order valence-corrected chi connectivity index (χ0v) is 19.7. The summed E-state index contributed by atoms with van der Waals surface area (Å²) >= 11 is 6.09. The van der Waals surface area contributed by atoms with Crippen molar-refractivity contribution in [2.75, 3.05) is 7.11 Å². The number of fused-ring (bicyclic) bond motifs is 1. The maximum atomic E-state index is 11.7. The monoisotopic (exact) mass is 471 g/mol. The third-order valence-electron chi connectivity index (χ3n) is 5.79. The van der Waals surface area contributed by atoms with E-state index in [0.29, 0.717) is 17.9 Å². The lowest BCUT2D eigenvalue weighted by molar-refractivity contribution is -0.139. The Labute approximate surface area is 204 Å². The second-order valence-corrected chi connectivity index (χ2v) is 8.59. The van der Waals surface area contributed by atoms with Crippen molar-refractivity contribution in [1.29, 1.82) is 0 Å². The third kappa shape index (κ3) is 6.10. The molecular weight excluding hydrogens is 446 g/mol. The van der Waals surface area contributed by atoms with Gasteiger partial charge in [-0.2, -0.15) is 0 Å². The highest BCUT2D eigenvalue weighted by Gasteiger charge is 2.12. The molecule has 4 rings (SSSR count). The summed E-state index contributed by atoms with van der Waals surface area (Å²) in [6, 6.07) is 25.3. The van der Waals surface area contributed by atoms with Crippen molar-refractivity contribution in [1.82, 2.24) is 4.98 Å². The summed E-state index contributed by atoms with van der Waals surface area (Å²) in [5, 5.41) is 12.5. The van der Waals surface area contributed by atoms with E-state index in [1.165, 1.54) is 7.11 Å². The molecule has 5 heteroatoms. The number of hydrogen-bond donors (Lipinski definition) is 1. The molecule has 34 heavy (non-hydrogen) atoms. The highest BCUT2D eigenvalue weighted by atomic mass is 35.5. The van der Waals surface area contributed by atoms with Gasteiger partial charge in [0, 0.05) is 10.4 Å². The van der Waals surface area contributed by atoms with Crippen LogP contribution in [0.4, 0.5) is 0 Å². The normalized spacial score (nSPS) is 12.2. The molecule has 1 atom stereocenters. The van der Waals surface area contributed by atoms with Gasteiger partial charge in [-0.1, -0.05) is 72.3 Å². The number of aliphatic hydroxyl groups excluding tert-OH is 1. The number of pyridine rings is 1. The topological polar surface area (TPSA) is 59.4 Å². The van der Waals surface area contributed by atoms with E-state index in [1.54, 1.807) is 0 Å². The van der Waals surface area contributed by atoms with Crippen LogP contribution in [0.2, 0.25) is 5.02 Å². The largest absolute Gasteiger partial charge is 0.469 e. The molecule has 1 aromatic heterocycles. The van der Waals surface area contributed by atoms with Crippen LogP contribution in [0.3, 0.4) is 0 Å². The van der Waals surface area contributed by atoms with Gasteiger partial charge in [-0.15, -0.1) is 0 Å². The molecule has 1 heterocycles. The maximum Gasteiger partial charge on any atom is 0.309 e. The fourth-order valence-corrected chi connectivity index (χ4v) is 4.08. The number of hydrogen-bond acceptors (Lipinski definition) is 4. The van der Waals surface area contributed by atoms with E-state index in [-0.39, 0.29) is 12.4 Å². The molecule has 1 N–H and O–H groups in total. The Hall–Kier alpha value is -3.47. The molecule has 0 unspecified atom stereocenters. The van der Waals surface area contributed by atoms with Crippen LogP contribution in [0.25, 0.3) is 23.1 Å². The van der Waals surface area contributed by atoms with Crippen molar-refractivity contribution in [2.24, 2.45) is 0 Å². The molecule has 0 bridgehead atoms. The van der Waals surface area contributed by atoms with E-state index in [1.807, 2.05) is 91.0 Å². The van der Waals surface area contributed by atoms with E-state index >= 15 is 0 Å². The Kier molecular flexibility index (Phi) is 7.73. The maximum absolute atomic E-state index is 11.7. The summed E-state index contributed by atoms with van der Waals surface area (Å²) in [5.41, 5.74) is 5.50. The Bertz CT molecular complexity index is 1330. The van der Waals surface area contributed by atoms with Gasteiger partial charge in [0.2, 0.25) is 0 Å². The number of ether oxygens (including phenoxy) is 1. The molecular formula is C29H26ClNO3. The van der Waals surface area contributed by atoms with Crippen LogP contribution in [0.5, 0.6) is 0 Å². The minimum atomic E-state index is -0.611. The minimum Gasteiger partial charge on any atom is -0.469 e. The lowest BCUT2D eigenvalue weighted by Gasteiger charge is -2.14. The van der Waals surface area contributed by atoms with E-state index in [0.717, 1.165) is 38.9 Å². The van der Waals surface area contributed by atoms with Gasteiger partial charge in [-0.05, 0) is 65.4 Å². The first-order chi connectivity index (χ1) is 16.5. The summed E-state index contributed by atoms with van der Waals surface area (Å²) in [4.78, 5) is 16.3. The Morgan fingerprint density at radius 1 is 1.00 bits per heavy atom. The van der Waals surface area contributed by atoms with Gasteiger partial charge in [0.15, 0.2) is 0 Å². The first kappa shape index (κ1) is 23.7. The molecule has 4 nitrogen and oxygen atoms in total. The minimum absolute atomic E-state index is 0.234. The number of nitrogens with zero attached hydrogens (tertiary/aromatic N) is 1. The lowest BCUT2D eigenvalue weighted by Crippen LogP contribution is -2.08. The number of esters is 1. The van der Waals surface area contributed by atoms with Crippen LogP contribution >= 0.6 is 11.6 Å². The van der Waals surface area contributed by atoms with Crippen LogP contribution in [0, 0.1) is 0 Å². The number of rotatable bonds is 8. The van der Waals surface area contributed by atoms with Crippen molar-refractivity contribution in [3.05, 3.63) is 112 Å². The molecule has 0 aliphatic rings. The molecule has 0 saturated carbocycles. The van der Waals surface area contributed by atoms with E-state index in [4.69, 9.17) is 16.3 Å². The Morgan fingerprint density at radius 2 is 1.79 bits per heavy atom. The van der Waals surface area contributed by atoms with E-state index in [9.17, 15) is 9.90 Å². The van der Waals surface area contributed by atoms with Crippen LogP contribution in [0.15, 0.2) is 78.9 Å². The molecule has 3 aromatic carbocycles. The molecule has 0 radical (unpaired) electrons.